The van der Waals surface area contributed by atoms with E-state index in [0.717, 1.165) is 44.8 Å². The van der Waals surface area contributed by atoms with Gasteiger partial charge < -0.3 is 19.7 Å². The lowest BCUT2D eigenvalue weighted by Crippen LogP contribution is -2.47. The Bertz CT molecular complexity index is 981. The molecule has 152 valence electrons. The molecule has 1 aliphatic heterocycles. The Hall–Kier alpha value is -3.13. The fraction of sp³-hybridized carbons (Fsp3) is 0.333. The van der Waals surface area contributed by atoms with E-state index in [2.05, 4.69) is 20.1 Å². The number of benzene rings is 2. The number of rotatable bonds is 6. The monoisotopic (exact) mass is 398 g/mol. The molecule has 1 saturated heterocycles. The standard InChI is InChI=1S/C21H23FN4O3/c22-16-7-5-15(6-8-16)20(27)23-9-2-10-25-11-13-26(14-12-25)18-4-1-3-17-19(18)29-21(28)24-17/h1,3-8H,2,9-14H2,(H,23,27)(H,24,28). The highest BCUT2D eigenvalue weighted by Crippen LogP contribution is 2.30. The van der Waals surface area contributed by atoms with Crippen molar-refractivity contribution in [2.75, 3.05) is 44.2 Å². The van der Waals surface area contributed by atoms with Crippen molar-refractivity contribution >= 4 is 22.7 Å². The number of carbonyl (C=O) groups excluding carboxylic acids is 1. The molecule has 2 heterocycles. The highest BCUT2D eigenvalue weighted by Gasteiger charge is 2.20. The first-order valence-corrected chi connectivity index (χ1v) is 9.70. The number of piperazine rings is 1. The minimum absolute atomic E-state index is 0.182. The first-order valence-electron chi connectivity index (χ1n) is 9.70. The number of fused-ring (bicyclic) bond motifs is 1. The van der Waals surface area contributed by atoms with Crippen LogP contribution in [-0.2, 0) is 0 Å². The van der Waals surface area contributed by atoms with Gasteiger partial charge in [-0.1, -0.05) is 6.07 Å². The maximum atomic E-state index is 12.9. The topological polar surface area (TPSA) is 81.8 Å². The third-order valence-electron chi connectivity index (χ3n) is 5.14. The van der Waals surface area contributed by atoms with Crippen molar-refractivity contribution in [3.8, 4) is 6.08 Å². The third kappa shape index (κ3) is 4.48. The van der Waals surface area contributed by atoms with Crippen LogP contribution in [0, 0.1) is 5.82 Å². The van der Waals surface area contributed by atoms with Crippen LogP contribution in [0.3, 0.4) is 0 Å². The van der Waals surface area contributed by atoms with Gasteiger partial charge in [-0.2, -0.15) is 4.98 Å². The molecule has 8 heteroatoms. The SMILES string of the molecule is O=C(NCCCN1CCN(c2cccc3nc(O)oc23)CC1)c1ccc(F)cc1. The van der Waals surface area contributed by atoms with Gasteiger partial charge in [-0.05, 0) is 49.4 Å². The summed E-state index contributed by atoms with van der Waals surface area (Å²) in [6.07, 6.45) is 0.534. The molecule has 1 fully saturated rings. The summed E-state index contributed by atoms with van der Waals surface area (Å²) in [4.78, 5) is 20.6. The van der Waals surface area contributed by atoms with Crippen molar-refractivity contribution in [1.29, 1.82) is 0 Å². The van der Waals surface area contributed by atoms with Gasteiger partial charge in [-0.25, -0.2) is 4.39 Å². The van der Waals surface area contributed by atoms with Crippen LogP contribution >= 0.6 is 0 Å². The number of aromatic hydroxyl groups is 1. The Morgan fingerprint density at radius 1 is 1.14 bits per heavy atom. The van der Waals surface area contributed by atoms with E-state index < -0.39 is 0 Å². The van der Waals surface area contributed by atoms with Gasteiger partial charge in [0.05, 0.1) is 5.69 Å². The summed E-state index contributed by atoms with van der Waals surface area (Å²) in [7, 11) is 0. The molecule has 0 spiro atoms. The third-order valence-corrected chi connectivity index (χ3v) is 5.14. The van der Waals surface area contributed by atoms with Crippen molar-refractivity contribution in [2.45, 2.75) is 6.42 Å². The van der Waals surface area contributed by atoms with Crippen LogP contribution in [0.5, 0.6) is 6.08 Å². The molecule has 3 aromatic rings. The van der Waals surface area contributed by atoms with Crippen LogP contribution in [0.15, 0.2) is 46.9 Å². The Kier molecular flexibility index (Phi) is 5.62. The summed E-state index contributed by atoms with van der Waals surface area (Å²) in [6, 6.07) is 11.3. The van der Waals surface area contributed by atoms with E-state index in [-0.39, 0.29) is 17.8 Å². The van der Waals surface area contributed by atoms with Crippen LogP contribution in [0.25, 0.3) is 11.1 Å². The molecule has 4 rings (SSSR count). The molecular formula is C21H23FN4O3. The Morgan fingerprint density at radius 3 is 2.66 bits per heavy atom. The number of hydrogen-bond acceptors (Lipinski definition) is 6. The Morgan fingerprint density at radius 2 is 1.90 bits per heavy atom. The molecule has 0 bridgehead atoms. The van der Waals surface area contributed by atoms with Gasteiger partial charge in [0.2, 0.25) is 0 Å². The summed E-state index contributed by atoms with van der Waals surface area (Å²) in [5.74, 6) is -0.532. The number of oxazole rings is 1. The Balaban J connectivity index is 1.22. The number of aromatic nitrogens is 1. The zero-order valence-corrected chi connectivity index (χ0v) is 16.0. The quantitative estimate of drug-likeness (QED) is 0.622. The van der Waals surface area contributed by atoms with E-state index in [9.17, 15) is 14.3 Å². The lowest BCUT2D eigenvalue weighted by Gasteiger charge is -2.36. The lowest BCUT2D eigenvalue weighted by molar-refractivity contribution is 0.0951. The second-order valence-corrected chi connectivity index (χ2v) is 7.07. The highest BCUT2D eigenvalue weighted by atomic mass is 19.1. The van der Waals surface area contributed by atoms with Crippen LogP contribution < -0.4 is 10.2 Å². The molecule has 0 aliphatic carbocycles. The predicted octanol–water partition coefficient (Wildman–Crippen LogP) is 2.61. The summed E-state index contributed by atoms with van der Waals surface area (Å²) < 4.78 is 18.3. The van der Waals surface area contributed by atoms with Crippen molar-refractivity contribution in [3.63, 3.8) is 0 Å². The smallest absolute Gasteiger partial charge is 0.392 e. The van der Waals surface area contributed by atoms with Crippen molar-refractivity contribution < 1.29 is 18.7 Å². The van der Waals surface area contributed by atoms with Gasteiger partial charge >= 0.3 is 6.08 Å². The normalized spacial score (nSPS) is 15.0. The zero-order valence-electron chi connectivity index (χ0n) is 16.0. The number of nitrogens with zero attached hydrogens (tertiary/aromatic N) is 3. The average molecular weight is 398 g/mol. The zero-order chi connectivity index (χ0) is 20.2. The molecule has 0 unspecified atom stereocenters. The van der Waals surface area contributed by atoms with Crippen LogP contribution in [0.1, 0.15) is 16.8 Å². The molecule has 1 aromatic heterocycles. The molecule has 2 aromatic carbocycles. The number of nitrogens with one attached hydrogen (secondary N) is 1. The number of para-hydroxylation sites is 1. The maximum absolute atomic E-state index is 12.9. The Labute approximate surface area is 167 Å². The van der Waals surface area contributed by atoms with E-state index in [1.165, 1.54) is 24.3 Å². The van der Waals surface area contributed by atoms with Crippen molar-refractivity contribution in [2.24, 2.45) is 0 Å². The maximum Gasteiger partial charge on any atom is 0.392 e. The molecule has 29 heavy (non-hydrogen) atoms. The molecular weight excluding hydrogens is 375 g/mol. The van der Waals surface area contributed by atoms with Crippen LogP contribution in [-0.4, -0.2) is 60.2 Å². The van der Waals surface area contributed by atoms with Gasteiger partial charge in [0.25, 0.3) is 5.91 Å². The minimum atomic E-state index is -0.350. The molecule has 0 saturated carbocycles. The van der Waals surface area contributed by atoms with Crippen LogP contribution in [0.2, 0.25) is 0 Å². The van der Waals surface area contributed by atoms with E-state index >= 15 is 0 Å². The second kappa shape index (κ2) is 8.48. The van der Waals surface area contributed by atoms with Gasteiger partial charge in [-0.3, -0.25) is 9.69 Å². The first-order chi connectivity index (χ1) is 14.1. The summed E-state index contributed by atoms with van der Waals surface area (Å²) in [6.45, 7) is 4.98. The number of hydrogen-bond donors (Lipinski definition) is 2. The molecule has 0 radical (unpaired) electrons. The number of halogens is 1. The van der Waals surface area contributed by atoms with E-state index in [1.807, 2.05) is 18.2 Å². The van der Waals surface area contributed by atoms with E-state index in [4.69, 9.17) is 4.42 Å². The van der Waals surface area contributed by atoms with E-state index in [0.29, 0.717) is 23.2 Å². The fourth-order valence-electron chi connectivity index (χ4n) is 3.59. The molecule has 2 N–H and O–H groups in total. The number of amides is 1. The lowest BCUT2D eigenvalue weighted by atomic mass is 10.2. The van der Waals surface area contributed by atoms with Gasteiger partial charge in [0.1, 0.15) is 11.3 Å². The summed E-state index contributed by atoms with van der Waals surface area (Å²) in [5.41, 5.74) is 2.68. The predicted molar refractivity (Wildman–Crippen MR) is 108 cm³/mol. The molecule has 1 amide bonds. The van der Waals surface area contributed by atoms with Crippen molar-refractivity contribution in [3.05, 3.63) is 53.8 Å². The molecule has 0 atom stereocenters. The summed E-state index contributed by atoms with van der Waals surface area (Å²) >= 11 is 0. The fourth-order valence-corrected chi connectivity index (χ4v) is 3.59. The van der Waals surface area contributed by atoms with Gasteiger partial charge in [-0.15, -0.1) is 0 Å². The number of anilines is 1. The van der Waals surface area contributed by atoms with E-state index in [1.54, 1.807) is 0 Å². The minimum Gasteiger partial charge on any atom is -0.466 e. The molecule has 1 aliphatic rings. The first kappa shape index (κ1) is 19.2. The largest absolute Gasteiger partial charge is 0.466 e. The second-order valence-electron chi connectivity index (χ2n) is 7.07. The molecule has 7 nitrogen and oxygen atoms in total. The average Bonchev–Trinajstić information content (AvgIpc) is 3.12. The highest BCUT2D eigenvalue weighted by molar-refractivity contribution is 5.94. The van der Waals surface area contributed by atoms with Gasteiger partial charge in [0, 0.05) is 38.3 Å². The van der Waals surface area contributed by atoms with Gasteiger partial charge in [0.15, 0.2) is 5.58 Å². The van der Waals surface area contributed by atoms with Crippen molar-refractivity contribution in [1.82, 2.24) is 15.2 Å². The van der Waals surface area contributed by atoms with Crippen LogP contribution in [0.4, 0.5) is 10.1 Å². The number of carbonyl (C=O) groups is 1. The summed E-state index contributed by atoms with van der Waals surface area (Å²) in [5, 5.41) is 12.4.